The molecular formula is C23H29N3O5. The SMILES string of the molecule is CC(C)[C@H](NC(=O)c1ccco1)C(=O)O[C@H](C)C(=O)N1CCN(c2ccccc2)CC1. The number of esters is 1. The van der Waals surface area contributed by atoms with Crippen molar-refractivity contribution in [2.24, 2.45) is 5.92 Å². The highest BCUT2D eigenvalue weighted by Crippen LogP contribution is 2.16. The number of hydrogen-bond acceptors (Lipinski definition) is 6. The first-order valence-electron chi connectivity index (χ1n) is 10.5. The number of hydrogen-bond donors (Lipinski definition) is 1. The van der Waals surface area contributed by atoms with Crippen molar-refractivity contribution in [3.05, 3.63) is 54.5 Å². The van der Waals surface area contributed by atoms with Crippen LogP contribution in [0.2, 0.25) is 0 Å². The molecule has 1 aromatic carbocycles. The molecule has 1 saturated heterocycles. The lowest BCUT2D eigenvalue weighted by molar-refractivity contribution is -0.161. The summed E-state index contributed by atoms with van der Waals surface area (Å²) in [4.78, 5) is 41.7. The summed E-state index contributed by atoms with van der Waals surface area (Å²) in [6, 6.07) is 12.3. The molecule has 166 valence electrons. The van der Waals surface area contributed by atoms with Gasteiger partial charge in [-0.15, -0.1) is 0 Å². The average Bonchev–Trinajstić information content (AvgIpc) is 3.32. The Labute approximate surface area is 182 Å². The van der Waals surface area contributed by atoms with Crippen LogP contribution in [0.3, 0.4) is 0 Å². The van der Waals surface area contributed by atoms with Gasteiger partial charge in [-0.1, -0.05) is 32.0 Å². The number of carbonyl (C=O) groups is 3. The molecule has 1 aromatic heterocycles. The molecule has 3 rings (SSSR count). The van der Waals surface area contributed by atoms with Gasteiger partial charge in [0.2, 0.25) is 0 Å². The number of ether oxygens (including phenoxy) is 1. The maximum atomic E-state index is 12.8. The second-order valence-electron chi connectivity index (χ2n) is 7.90. The third-order valence-electron chi connectivity index (χ3n) is 5.31. The summed E-state index contributed by atoms with van der Waals surface area (Å²) in [6.45, 7) is 7.69. The smallest absolute Gasteiger partial charge is 0.329 e. The van der Waals surface area contributed by atoms with E-state index in [2.05, 4.69) is 10.2 Å². The minimum Gasteiger partial charge on any atom is -0.459 e. The van der Waals surface area contributed by atoms with Crippen LogP contribution in [-0.2, 0) is 14.3 Å². The fraction of sp³-hybridized carbons (Fsp3) is 0.435. The Morgan fingerprint density at radius 2 is 1.65 bits per heavy atom. The van der Waals surface area contributed by atoms with Crippen LogP contribution in [0.25, 0.3) is 0 Å². The predicted molar refractivity (Wildman–Crippen MR) is 116 cm³/mol. The van der Waals surface area contributed by atoms with Crippen LogP contribution in [-0.4, -0.2) is 61.0 Å². The Balaban J connectivity index is 1.53. The molecule has 1 aliphatic heterocycles. The topological polar surface area (TPSA) is 92.1 Å². The molecule has 0 saturated carbocycles. The largest absolute Gasteiger partial charge is 0.459 e. The highest BCUT2D eigenvalue weighted by molar-refractivity contribution is 5.95. The highest BCUT2D eigenvalue weighted by Gasteiger charge is 2.32. The predicted octanol–water partition coefficient (Wildman–Crippen LogP) is 2.31. The quantitative estimate of drug-likeness (QED) is 0.682. The van der Waals surface area contributed by atoms with Gasteiger partial charge in [-0.05, 0) is 37.1 Å². The number of nitrogens with zero attached hydrogens (tertiary/aromatic N) is 2. The van der Waals surface area contributed by atoms with Crippen LogP contribution in [0.5, 0.6) is 0 Å². The molecule has 1 aliphatic rings. The van der Waals surface area contributed by atoms with Crippen molar-refractivity contribution in [2.75, 3.05) is 31.1 Å². The maximum absolute atomic E-state index is 12.8. The maximum Gasteiger partial charge on any atom is 0.329 e. The highest BCUT2D eigenvalue weighted by atomic mass is 16.5. The van der Waals surface area contributed by atoms with Crippen LogP contribution in [0, 0.1) is 5.92 Å². The summed E-state index contributed by atoms with van der Waals surface area (Å²) < 4.78 is 10.5. The molecule has 2 aromatic rings. The van der Waals surface area contributed by atoms with Crippen LogP contribution < -0.4 is 10.2 Å². The zero-order valence-corrected chi connectivity index (χ0v) is 18.1. The first kappa shape index (κ1) is 22.4. The molecular weight excluding hydrogens is 398 g/mol. The third-order valence-corrected chi connectivity index (χ3v) is 5.31. The van der Waals surface area contributed by atoms with Crippen molar-refractivity contribution in [3.63, 3.8) is 0 Å². The van der Waals surface area contributed by atoms with Crippen LogP contribution in [0.15, 0.2) is 53.1 Å². The Bertz CT molecular complexity index is 874. The molecule has 8 nitrogen and oxygen atoms in total. The van der Waals surface area contributed by atoms with Crippen LogP contribution >= 0.6 is 0 Å². The van der Waals surface area contributed by atoms with Gasteiger partial charge >= 0.3 is 5.97 Å². The summed E-state index contributed by atoms with van der Waals surface area (Å²) in [5.74, 6) is -1.49. The van der Waals surface area contributed by atoms with Gasteiger partial charge in [-0.2, -0.15) is 0 Å². The Kier molecular flexibility index (Phi) is 7.33. The van der Waals surface area contributed by atoms with Crippen LogP contribution in [0.1, 0.15) is 31.3 Å². The molecule has 2 atom stereocenters. The number of rotatable bonds is 7. The molecule has 0 radical (unpaired) electrons. The molecule has 8 heteroatoms. The Hall–Kier alpha value is -3.29. The van der Waals surface area contributed by atoms with E-state index >= 15 is 0 Å². The van der Waals surface area contributed by atoms with Crippen molar-refractivity contribution >= 4 is 23.5 Å². The second-order valence-corrected chi connectivity index (χ2v) is 7.90. The van der Waals surface area contributed by atoms with E-state index in [1.54, 1.807) is 31.7 Å². The lowest BCUT2D eigenvalue weighted by atomic mass is 10.0. The van der Waals surface area contributed by atoms with Gasteiger partial charge < -0.3 is 24.3 Å². The molecule has 0 unspecified atom stereocenters. The molecule has 1 N–H and O–H groups in total. The number of para-hydroxylation sites is 1. The summed E-state index contributed by atoms with van der Waals surface area (Å²) >= 11 is 0. The number of amides is 2. The lowest BCUT2D eigenvalue weighted by Crippen LogP contribution is -2.53. The molecule has 0 spiro atoms. The summed E-state index contributed by atoms with van der Waals surface area (Å²) in [5.41, 5.74) is 1.13. The average molecular weight is 428 g/mol. The van der Waals surface area contributed by atoms with Crippen molar-refractivity contribution in [1.82, 2.24) is 10.2 Å². The summed E-state index contributed by atoms with van der Waals surface area (Å²) in [7, 11) is 0. The minimum absolute atomic E-state index is 0.110. The van der Waals surface area contributed by atoms with Crippen molar-refractivity contribution in [3.8, 4) is 0 Å². The standard InChI is InChI=1S/C23H29N3O5/c1-16(2)20(24-21(27)19-10-7-15-30-19)23(29)31-17(3)22(28)26-13-11-25(12-14-26)18-8-5-4-6-9-18/h4-10,15-17,20H,11-14H2,1-3H3,(H,24,27)/t17-,20+/m1/s1. The fourth-order valence-electron chi connectivity index (χ4n) is 3.50. The van der Waals surface area contributed by atoms with Gasteiger partial charge in [-0.25, -0.2) is 4.79 Å². The van der Waals surface area contributed by atoms with E-state index < -0.39 is 24.0 Å². The number of furan rings is 1. The normalized spacial score (nSPS) is 16.0. The second kappa shape index (κ2) is 10.1. The van der Waals surface area contributed by atoms with Gasteiger partial charge in [0, 0.05) is 31.9 Å². The van der Waals surface area contributed by atoms with Crippen molar-refractivity contribution in [2.45, 2.75) is 32.9 Å². The third kappa shape index (κ3) is 5.65. The van der Waals surface area contributed by atoms with Gasteiger partial charge in [0.1, 0.15) is 6.04 Å². The minimum atomic E-state index is -0.933. The summed E-state index contributed by atoms with van der Waals surface area (Å²) in [6.07, 6.45) is 0.452. The zero-order chi connectivity index (χ0) is 22.4. The van der Waals surface area contributed by atoms with E-state index in [0.29, 0.717) is 26.2 Å². The van der Waals surface area contributed by atoms with Gasteiger partial charge in [-0.3, -0.25) is 9.59 Å². The van der Waals surface area contributed by atoms with E-state index in [1.165, 1.54) is 12.3 Å². The Morgan fingerprint density at radius 1 is 0.968 bits per heavy atom. The van der Waals surface area contributed by atoms with Gasteiger partial charge in [0.05, 0.1) is 6.26 Å². The van der Waals surface area contributed by atoms with E-state index in [0.717, 1.165) is 5.69 Å². The molecule has 1 fully saturated rings. The number of nitrogens with one attached hydrogen (secondary N) is 1. The van der Waals surface area contributed by atoms with E-state index in [9.17, 15) is 14.4 Å². The molecule has 0 bridgehead atoms. The fourth-order valence-corrected chi connectivity index (χ4v) is 3.50. The van der Waals surface area contributed by atoms with E-state index in [-0.39, 0.29) is 17.6 Å². The van der Waals surface area contributed by atoms with Crippen molar-refractivity contribution < 1.29 is 23.5 Å². The summed E-state index contributed by atoms with van der Waals surface area (Å²) in [5, 5.41) is 2.63. The van der Waals surface area contributed by atoms with Crippen LogP contribution in [0.4, 0.5) is 5.69 Å². The monoisotopic (exact) mass is 427 g/mol. The number of benzene rings is 1. The molecule has 2 amide bonds. The molecule has 31 heavy (non-hydrogen) atoms. The van der Waals surface area contributed by atoms with Crippen molar-refractivity contribution in [1.29, 1.82) is 0 Å². The van der Waals surface area contributed by atoms with E-state index in [1.807, 2.05) is 30.3 Å². The number of carbonyl (C=O) groups excluding carboxylic acids is 3. The Morgan fingerprint density at radius 3 is 2.23 bits per heavy atom. The van der Waals surface area contributed by atoms with Gasteiger partial charge in [0.15, 0.2) is 11.9 Å². The lowest BCUT2D eigenvalue weighted by Gasteiger charge is -2.37. The molecule has 2 heterocycles. The first-order chi connectivity index (χ1) is 14.9. The molecule has 0 aliphatic carbocycles. The zero-order valence-electron chi connectivity index (χ0n) is 18.1. The van der Waals surface area contributed by atoms with E-state index in [4.69, 9.17) is 9.15 Å². The number of piperazine rings is 1. The number of anilines is 1. The van der Waals surface area contributed by atoms with Gasteiger partial charge in [0.25, 0.3) is 11.8 Å². The first-order valence-corrected chi connectivity index (χ1v) is 10.5.